The summed E-state index contributed by atoms with van der Waals surface area (Å²) in [6, 6.07) is 7.36. The monoisotopic (exact) mass is 421 g/mol. The highest BCUT2D eigenvalue weighted by Crippen LogP contribution is 2.37. The Hall–Kier alpha value is -3.35. The van der Waals surface area contributed by atoms with Crippen LogP contribution in [0.15, 0.2) is 45.9 Å². The number of rotatable bonds is 3. The quantitative estimate of drug-likeness (QED) is 0.675. The number of furan rings is 1. The molecule has 1 aliphatic heterocycles. The van der Waals surface area contributed by atoms with Crippen molar-refractivity contribution in [3.05, 3.63) is 58.2 Å². The maximum Gasteiger partial charge on any atom is 0.257 e. The second-order valence-electron chi connectivity index (χ2n) is 9.18. The molecule has 2 amide bonds. The summed E-state index contributed by atoms with van der Waals surface area (Å²) in [5, 5.41) is 0.688. The van der Waals surface area contributed by atoms with Gasteiger partial charge in [-0.1, -0.05) is 20.8 Å². The highest BCUT2D eigenvalue weighted by atomic mass is 16.3. The molecule has 162 valence electrons. The number of amides is 2. The fourth-order valence-corrected chi connectivity index (χ4v) is 4.20. The van der Waals surface area contributed by atoms with Crippen LogP contribution in [0.5, 0.6) is 0 Å². The Balaban J connectivity index is 1.80. The van der Waals surface area contributed by atoms with Gasteiger partial charge in [0.25, 0.3) is 11.5 Å². The van der Waals surface area contributed by atoms with Crippen molar-refractivity contribution in [2.45, 2.75) is 39.0 Å². The molecule has 4 rings (SSSR count). The molecule has 3 aromatic rings. The molecule has 0 atom stereocenters. The third-order valence-electron chi connectivity index (χ3n) is 6.03. The van der Waals surface area contributed by atoms with Crippen molar-refractivity contribution in [2.24, 2.45) is 11.7 Å². The van der Waals surface area contributed by atoms with Gasteiger partial charge in [-0.25, -0.2) is 0 Å². The van der Waals surface area contributed by atoms with Crippen LogP contribution in [0.4, 0.5) is 0 Å². The minimum Gasteiger partial charge on any atom is -0.463 e. The zero-order valence-electron chi connectivity index (χ0n) is 18.0. The van der Waals surface area contributed by atoms with Gasteiger partial charge in [0.1, 0.15) is 11.8 Å². The molecule has 0 bridgehead atoms. The largest absolute Gasteiger partial charge is 0.463 e. The fourth-order valence-electron chi connectivity index (χ4n) is 4.20. The number of nitrogens with two attached hydrogens (primary N) is 1. The summed E-state index contributed by atoms with van der Waals surface area (Å²) >= 11 is 0. The number of hydrogen-bond donors (Lipinski definition) is 2. The van der Waals surface area contributed by atoms with Crippen LogP contribution in [0.2, 0.25) is 0 Å². The lowest BCUT2D eigenvalue weighted by Gasteiger charge is -2.30. The smallest absolute Gasteiger partial charge is 0.257 e. The minimum absolute atomic E-state index is 0.138. The van der Waals surface area contributed by atoms with Crippen LogP contribution in [-0.2, 0) is 10.2 Å². The average molecular weight is 421 g/mol. The summed E-state index contributed by atoms with van der Waals surface area (Å²) in [5.74, 6) is -0.636. The normalized spacial score (nSPS) is 15.4. The summed E-state index contributed by atoms with van der Waals surface area (Å²) in [7, 11) is 0. The van der Waals surface area contributed by atoms with Crippen molar-refractivity contribution in [1.82, 2.24) is 9.88 Å². The van der Waals surface area contributed by atoms with Crippen LogP contribution in [0.3, 0.4) is 0 Å². The van der Waals surface area contributed by atoms with Crippen molar-refractivity contribution in [2.75, 3.05) is 13.1 Å². The summed E-state index contributed by atoms with van der Waals surface area (Å²) in [4.78, 5) is 41.6. The number of aromatic amines is 1. The first-order valence-electron chi connectivity index (χ1n) is 10.5. The van der Waals surface area contributed by atoms with Crippen molar-refractivity contribution >= 4 is 22.8 Å². The molecule has 0 radical (unpaired) electrons. The third kappa shape index (κ3) is 3.87. The van der Waals surface area contributed by atoms with E-state index in [4.69, 9.17) is 10.2 Å². The van der Waals surface area contributed by atoms with Crippen molar-refractivity contribution in [3.63, 3.8) is 0 Å². The zero-order valence-corrected chi connectivity index (χ0v) is 18.0. The molecule has 1 fully saturated rings. The molecule has 0 spiro atoms. The number of benzene rings is 1. The van der Waals surface area contributed by atoms with Gasteiger partial charge in [0.2, 0.25) is 5.91 Å². The van der Waals surface area contributed by atoms with Gasteiger partial charge in [-0.05, 0) is 48.1 Å². The number of primary amides is 1. The summed E-state index contributed by atoms with van der Waals surface area (Å²) in [5.41, 5.74) is 8.29. The summed E-state index contributed by atoms with van der Waals surface area (Å²) < 4.78 is 5.89. The number of aromatic nitrogens is 1. The molecule has 0 unspecified atom stereocenters. The number of pyridine rings is 1. The average Bonchev–Trinajstić information content (AvgIpc) is 3.16. The number of H-pyrrole nitrogens is 1. The highest BCUT2D eigenvalue weighted by Gasteiger charge is 2.30. The predicted molar refractivity (Wildman–Crippen MR) is 119 cm³/mol. The number of piperidine rings is 1. The Bertz CT molecular complexity index is 1210. The van der Waals surface area contributed by atoms with Crippen LogP contribution >= 0.6 is 0 Å². The first-order chi connectivity index (χ1) is 14.7. The lowest BCUT2D eigenvalue weighted by Crippen LogP contribution is -2.41. The molecule has 3 heterocycles. The van der Waals surface area contributed by atoms with Gasteiger partial charge >= 0.3 is 0 Å². The third-order valence-corrected chi connectivity index (χ3v) is 6.03. The second-order valence-corrected chi connectivity index (χ2v) is 9.18. The number of carbonyl (C=O) groups excluding carboxylic acids is 2. The molecule has 7 heteroatoms. The van der Waals surface area contributed by atoms with E-state index in [1.165, 1.54) is 6.26 Å². The van der Waals surface area contributed by atoms with Crippen molar-refractivity contribution in [3.8, 4) is 11.1 Å². The molecule has 31 heavy (non-hydrogen) atoms. The molecule has 2 aromatic heterocycles. The van der Waals surface area contributed by atoms with E-state index in [0.717, 1.165) is 11.1 Å². The van der Waals surface area contributed by atoms with E-state index in [2.05, 4.69) is 25.8 Å². The molecular formula is C24H27N3O4. The van der Waals surface area contributed by atoms with E-state index in [1.807, 2.05) is 12.1 Å². The summed E-state index contributed by atoms with van der Waals surface area (Å²) in [6.07, 6.45) is 4.22. The van der Waals surface area contributed by atoms with E-state index in [0.29, 0.717) is 48.0 Å². The number of nitrogens with one attached hydrogen (secondary N) is 1. The zero-order chi connectivity index (χ0) is 22.3. The Kier molecular flexibility index (Phi) is 5.21. The van der Waals surface area contributed by atoms with E-state index in [9.17, 15) is 14.4 Å². The maximum atomic E-state index is 13.3. The molecule has 0 aliphatic carbocycles. The first-order valence-corrected chi connectivity index (χ1v) is 10.5. The van der Waals surface area contributed by atoms with Gasteiger partial charge < -0.3 is 20.0 Å². The first kappa shape index (κ1) is 20.9. The fraction of sp³-hybridized carbons (Fsp3) is 0.375. The molecule has 1 aliphatic rings. The molecule has 1 aromatic carbocycles. The SMILES string of the molecule is CC(C)(C)c1cc(-c2ccc[nH]c2=O)cc2c(C(=O)N3CCC(C(N)=O)CC3)coc12. The van der Waals surface area contributed by atoms with E-state index in [-0.39, 0.29) is 28.7 Å². The van der Waals surface area contributed by atoms with Gasteiger partial charge in [-0.2, -0.15) is 0 Å². The summed E-state index contributed by atoms with van der Waals surface area (Å²) in [6.45, 7) is 7.16. The second kappa shape index (κ2) is 7.72. The molecule has 0 saturated carbocycles. The number of fused-ring (bicyclic) bond motifs is 1. The number of hydrogen-bond acceptors (Lipinski definition) is 4. The van der Waals surface area contributed by atoms with Crippen LogP contribution in [0, 0.1) is 5.92 Å². The molecule has 7 nitrogen and oxygen atoms in total. The van der Waals surface area contributed by atoms with E-state index in [1.54, 1.807) is 23.2 Å². The standard InChI is InChI=1S/C24H27N3O4/c1-24(2,3)19-12-15(16-5-4-8-26-22(16)29)11-17-18(13-31-20(17)19)23(30)27-9-6-14(7-10-27)21(25)28/h4-5,8,11-14H,6-7,9-10H2,1-3H3,(H2,25,28)(H,26,29). The van der Waals surface area contributed by atoms with Gasteiger partial charge in [0.15, 0.2) is 0 Å². The minimum atomic E-state index is -0.312. The lowest BCUT2D eigenvalue weighted by molar-refractivity contribution is -0.123. The molecule has 1 saturated heterocycles. The molecular weight excluding hydrogens is 394 g/mol. The Morgan fingerprint density at radius 3 is 2.52 bits per heavy atom. The molecule has 3 N–H and O–H groups in total. The predicted octanol–water partition coefficient (Wildman–Crippen LogP) is 3.42. The topological polar surface area (TPSA) is 109 Å². The van der Waals surface area contributed by atoms with E-state index >= 15 is 0 Å². The Morgan fingerprint density at radius 1 is 1.19 bits per heavy atom. The van der Waals surface area contributed by atoms with Crippen LogP contribution in [0.1, 0.15) is 49.5 Å². The van der Waals surface area contributed by atoms with Crippen molar-refractivity contribution in [1.29, 1.82) is 0 Å². The van der Waals surface area contributed by atoms with Gasteiger partial charge in [-0.15, -0.1) is 0 Å². The van der Waals surface area contributed by atoms with Crippen LogP contribution in [0.25, 0.3) is 22.1 Å². The number of nitrogens with zero attached hydrogens (tertiary/aromatic N) is 1. The lowest BCUT2D eigenvalue weighted by atomic mass is 9.84. The highest BCUT2D eigenvalue weighted by molar-refractivity contribution is 6.07. The maximum absolute atomic E-state index is 13.3. The van der Waals surface area contributed by atoms with Gasteiger partial charge in [0.05, 0.1) is 5.56 Å². The van der Waals surface area contributed by atoms with Crippen molar-refractivity contribution < 1.29 is 14.0 Å². The van der Waals surface area contributed by atoms with Gasteiger partial charge in [-0.3, -0.25) is 14.4 Å². The number of likely N-dealkylation sites (tertiary alicyclic amines) is 1. The van der Waals surface area contributed by atoms with E-state index < -0.39 is 0 Å². The Morgan fingerprint density at radius 2 is 1.90 bits per heavy atom. The Labute approximate surface area is 180 Å². The van der Waals surface area contributed by atoms with Gasteiger partial charge in [0, 0.05) is 41.7 Å². The number of carbonyl (C=O) groups is 2. The van der Waals surface area contributed by atoms with Crippen LogP contribution < -0.4 is 11.3 Å². The van der Waals surface area contributed by atoms with Crippen LogP contribution in [-0.4, -0.2) is 34.8 Å².